The maximum Gasteiger partial charge on any atom is 0.326 e. The number of carbonyl (C=O) groups is 1. The first-order valence-electron chi connectivity index (χ1n) is 3.40. The summed E-state index contributed by atoms with van der Waals surface area (Å²) in [4.78, 5) is 10.4. The molecule has 82 valence electrons. The zero-order valence-corrected chi connectivity index (χ0v) is 8.74. The van der Waals surface area contributed by atoms with Gasteiger partial charge in [-0.05, 0) is 19.4 Å². The molecule has 0 spiro atoms. The van der Waals surface area contributed by atoms with E-state index in [-0.39, 0.29) is 31.2 Å². The Labute approximate surface area is 89.3 Å². The Bertz CT molecular complexity index is 148. The van der Waals surface area contributed by atoms with E-state index in [0.717, 1.165) is 0 Å². The van der Waals surface area contributed by atoms with Crippen LogP contribution in [0, 0.1) is 0 Å². The molecule has 0 rings (SSSR count). The van der Waals surface area contributed by atoms with Gasteiger partial charge in [0.2, 0.25) is 0 Å². The fourth-order valence-corrected chi connectivity index (χ4v) is 0.671. The van der Waals surface area contributed by atoms with Crippen molar-refractivity contribution in [2.45, 2.75) is 18.4 Å². The molecule has 0 saturated carbocycles. The van der Waals surface area contributed by atoms with Gasteiger partial charge in [0, 0.05) is 0 Å². The summed E-state index contributed by atoms with van der Waals surface area (Å²) >= 11 is 0. The molecule has 13 heavy (non-hydrogen) atoms. The molecule has 1 atom stereocenters. The molecule has 0 aromatic heterocycles. The van der Waals surface area contributed by atoms with Gasteiger partial charge in [0.05, 0.1) is 6.61 Å². The minimum atomic E-state index is -1.51. The van der Waals surface area contributed by atoms with Crippen molar-refractivity contribution < 1.29 is 15.0 Å². The highest BCUT2D eigenvalue weighted by atomic mass is 35.5. The van der Waals surface area contributed by atoms with Gasteiger partial charge in [-0.25, -0.2) is 0 Å². The van der Waals surface area contributed by atoms with E-state index < -0.39 is 18.1 Å². The van der Waals surface area contributed by atoms with Gasteiger partial charge in [-0.1, -0.05) is 0 Å². The predicted octanol–water partition coefficient (Wildman–Crippen LogP) is -0.657. The minimum absolute atomic E-state index is 0. The van der Waals surface area contributed by atoms with Crippen molar-refractivity contribution in [3.63, 3.8) is 0 Å². The number of carboxylic acids is 1. The smallest absolute Gasteiger partial charge is 0.326 e. The van der Waals surface area contributed by atoms with E-state index in [4.69, 9.17) is 21.7 Å². The Balaban J connectivity index is -0.000000500. The third-order valence-corrected chi connectivity index (χ3v) is 1.54. The van der Waals surface area contributed by atoms with Crippen LogP contribution in [0.3, 0.4) is 0 Å². The van der Waals surface area contributed by atoms with Crippen LogP contribution in [0.25, 0.3) is 0 Å². The lowest BCUT2D eigenvalue weighted by Gasteiger charge is -2.20. The molecule has 6 N–H and O–H groups in total. The third-order valence-electron chi connectivity index (χ3n) is 1.54. The molecule has 0 fully saturated rings. The monoisotopic (exact) mass is 234 g/mol. The normalized spacial score (nSPS) is 13.5. The molecule has 0 aliphatic rings. The van der Waals surface area contributed by atoms with Gasteiger partial charge in [0.25, 0.3) is 0 Å². The topological polar surface area (TPSA) is 110 Å². The second-order valence-corrected chi connectivity index (χ2v) is 2.51. The van der Waals surface area contributed by atoms with Gasteiger partial charge in [-0.15, -0.1) is 24.8 Å². The van der Waals surface area contributed by atoms with Gasteiger partial charge in [-0.3, -0.25) is 4.79 Å². The van der Waals surface area contributed by atoms with E-state index in [2.05, 4.69) is 0 Å². The van der Waals surface area contributed by atoms with Crippen LogP contribution in [-0.2, 0) is 4.79 Å². The lowest BCUT2D eigenvalue weighted by Crippen LogP contribution is -2.51. The highest BCUT2D eigenvalue weighted by Gasteiger charge is 2.32. The van der Waals surface area contributed by atoms with E-state index in [1.807, 2.05) is 0 Å². The predicted molar refractivity (Wildman–Crippen MR) is 54.4 cm³/mol. The zero-order chi connectivity index (χ0) is 8.91. The molecule has 0 heterocycles. The van der Waals surface area contributed by atoms with Crippen LogP contribution in [0.15, 0.2) is 0 Å². The van der Waals surface area contributed by atoms with Crippen LogP contribution in [0.5, 0.6) is 0 Å². The van der Waals surface area contributed by atoms with Crippen molar-refractivity contribution in [2.75, 3.05) is 13.2 Å². The molecular weight excluding hydrogens is 219 g/mol. The van der Waals surface area contributed by atoms with Crippen molar-refractivity contribution in [3.8, 4) is 0 Å². The van der Waals surface area contributed by atoms with Gasteiger partial charge >= 0.3 is 5.97 Å². The Kier molecular flexibility index (Phi) is 12.2. The summed E-state index contributed by atoms with van der Waals surface area (Å²) in [7, 11) is 0. The Morgan fingerprint density at radius 1 is 1.38 bits per heavy atom. The fourth-order valence-electron chi connectivity index (χ4n) is 0.671. The molecule has 0 saturated heterocycles. The van der Waals surface area contributed by atoms with E-state index in [1.54, 1.807) is 0 Å². The fraction of sp³-hybridized carbons (Fsp3) is 0.833. The molecule has 0 aromatic carbocycles. The van der Waals surface area contributed by atoms with Crippen LogP contribution in [0.4, 0.5) is 0 Å². The van der Waals surface area contributed by atoms with Gasteiger partial charge in [0.15, 0.2) is 0 Å². The van der Waals surface area contributed by atoms with Gasteiger partial charge < -0.3 is 21.7 Å². The maximum atomic E-state index is 10.4. The van der Waals surface area contributed by atoms with E-state index in [0.29, 0.717) is 13.0 Å². The van der Waals surface area contributed by atoms with Crippen LogP contribution in [-0.4, -0.2) is 34.9 Å². The van der Waals surface area contributed by atoms with Crippen LogP contribution < -0.4 is 11.5 Å². The summed E-state index contributed by atoms with van der Waals surface area (Å²) in [5.74, 6) is -1.19. The summed E-state index contributed by atoms with van der Waals surface area (Å²) in [5, 5.41) is 17.2. The average Bonchev–Trinajstić information content (AvgIpc) is 2.00. The summed E-state index contributed by atoms with van der Waals surface area (Å²) in [6.45, 7) is -0.172. The second-order valence-electron chi connectivity index (χ2n) is 2.51. The Hall–Kier alpha value is -0.0700. The number of nitrogens with two attached hydrogens (primary N) is 2. The molecule has 0 aliphatic heterocycles. The molecule has 0 bridgehead atoms. The number of halogens is 2. The van der Waals surface area contributed by atoms with Crippen LogP contribution >= 0.6 is 24.8 Å². The molecule has 0 aromatic rings. The highest BCUT2D eigenvalue weighted by Crippen LogP contribution is 2.07. The molecule has 7 heteroatoms. The number of hydrogen-bond donors (Lipinski definition) is 4. The quantitative estimate of drug-likeness (QED) is 0.506. The largest absolute Gasteiger partial charge is 0.480 e. The molecule has 0 aliphatic carbocycles. The summed E-state index contributed by atoms with van der Waals surface area (Å²) in [5.41, 5.74) is 8.97. The number of hydrogen-bond acceptors (Lipinski definition) is 4. The lowest BCUT2D eigenvalue weighted by atomic mass is 9.96. The van der Waals surface area contributed by atoms with Crippen LogP contribution in [0.1, 0.15) is 12.8 Å². The van der Waals surface area contributed by atoms with Gasteiger partial charge in [0.1, 0.15) is 5.54 Å². The number of aliphatic hydroxyl groups excluding tert-OH is 1. The van der Waals surface area contributed by atoms with Gasteiger partial charge in [-0.2, -0.15) is 0 Å². The molecule has 0 amide bonds. The van der Waals surface area contributed by atoms with Crippen molar-refractivity contribution >= 4 is 30.8 Å². The first-order chi connectivity index (χ1) is 5.06. The first-order valence-corrected chi connectivity index (χ1v) is 3.40. The highest BCUT2D eigenvalue weighted by molar-refractivity contribution is 5.85. The standard InChI is InChI=1S/C6H14N2O3.2ClH/c7-3-1-2-6(8,4-9)5(10)11;;/h9H,1-4,7-8H2,(H,10,11);2*1H/t6-;;/m1../s1. The van der Waals surface area contributed by atoms with Crippen molar-refractivity contribution in [1.29, 1.82) is 0 Å². The maximum absolute atomic E-state index is 10.4. The number of carboxylic acid groups (broad SMARTS) is 1. The first kappa shape index (κ1) is 18.7. The van der Waals surface area contributed by atoms with Crippen molar-refractivity contribution in [2.24, 2.45) is 11.5 Å². The number of aliphatic hydroxyl groups is 1. The molecule has 0 unspecified atom stereocenters. The average molecular weight is 235 g/mol. The van der Waals surface area contributed by atoms with Crippen LogP contribution in [0.2, 0.25) is 0 Å². The van der Waals surface area contributed by atoms with E-state index in [9.17, 15) is 4.79 Å². The second kappa shape index (κ2) is 8.52. The summed E-state index contributed by atoms with van der Waals surface area (Å²) < 4.78 is 0. The van der Waals surface area contributed by atoms with E-state index in [1.165, 1.54) is 0 Å². The van der Waals surface area contributed by atoms with Crippen molar-refractivity contribution in [1.82, 2.24) is 0 Å². The molecular formula is C6H16Cl2N2O3. The minimum Gasteiger partial charge on any atom is -0.480 e. The third kappa shape index (κ3) is 6.06. The Morgan fingerprint density at radius 2 is 1.85 bits per heavy atom. The number of aliphatic carboxylic acids is 1. The lowest BCUT2D eigenvalue weighted by molar-refractivity contribution is -0.145. The summed E-state index contributed by atoms with van der Waals surface area (Å²) in [6, 6.07) is 0. The zero-order valence-electron chi connectivity index (χ0n) is 7.10. The number of rotatable bonds is 5. The Morgan fingerprint density at radius 3 is 2.08 bits per heavy atom. The molecule has 5 nitrogen and oxygen atoms in total. The van der Waals surface area contributed by atoms with Crippen molar-refractivity contribution in [3.05, 3.63) is 0 Å². The van der Waals surface area contributed by atoms with E-state index >= 15 is 0 Å². The SMILES string of the molecule is Cl.Cl.NCCC[C@@](N)(CO)C(=O)O. The molecule has 0 radical (unpaired) electrons. The summed E-state index contributed by atoms with van der Waals surface area (Å²) in [6.07, 6.45) is 0.707.